The van der Waals surface area contributed by atoms with E-state index in [2.05, 4.69) is 31.4 Å². The van der Waals surface area contributed by atoms with Crippen LogP contribution in [0.5, 0.6) is 0 Å². The molecule has 0 radical (unpaired) electrons. The fourth-order valence-corrected chi connectivity index (χ4v) is 1.98. The van der Waals surface area contributed by atoms with Gasteiger partial charge in [-0.3, -0.25) is 0 Å². The van der Waals surface area contributed by atoms with Crippen molar-refractivity contribution in [3.63, 3.8) is 0 Å². The Labute approximate surface area is 113 Å². The lowest BCUT2D eigenvalue weighted by molar-refractivity contribution is 0.637. The van der Waals surface area contributed by atoms with Crippen LogP contribution in [0.2, 0.25) is 5.02 Å². The molecule has 1 heterocycles. The standard InChI is InChI=1S/C11H12BrClN4/c1-17-7-15-16-11(17)6-14-5-8-2-3-10(13)9(12)4-8/h2-4,7,14H,5-6H2,1H3. The Bertz CT molecular complexity index is 512. The fraction of sp³-hybridized carbons (Fsp3) is 0.273. The summed E-state index contributed by atoms with van der Waals surface area (Å²) in [4.78, 5) is 0. The summed E-state index contributed by atoms with van der Waals surface area (Å²) in [5, 5.41) is 11.8. The monoisotopic (exact) mass is 314 g/mol. The molecule has 0 saturated heterocycles. The van der Waals surface area contributed by atoms with Gasteiger partial charge in [0.1, 0.15) is 12.2 Å². The quantitative estimate of drug-likeness (QED) is 0.943. The average Bonchev–Trinajstić information content (AvgIpc) is 2.70. The molecule has 0 spiro atoms. The minimum Gasteiger partial charge on any atom is -0.320 e. The molecular formula is C11H12BrClN4. The first-order chi connectivity index (χ1) is 8.16. The van der Waals surface area contributed by atoms with Crippen molar-refractivity contribution < 1.29 is 0 Å². The Morgan fingerprint density at radius 3 is 2.88 bits per heavy atom. The van der Waals surface area contributed by atoms with Gasteiger partial charge in [0.05, 0.1) is 11.6 Å². The summed E-state index contributed by atoms with van der Waals surface area (Å²) in [5.41, 5.74) is 1.17. The highest BCUT2D eigenvalue weighted by atomic mass is 79.9. The molecule has 0 saturated carbocycles. The van der Waals surface area contributed by atoms with Crippen molar-refractivity contribution in [1.29, 1.82) is 0 Å². The first kappa shape index (κ1) is 12.5. The zero-order chi connectivity index (χ0) is 12.3. The summed E-state index contributed by atoms with van der Waals surface area (Å²) in [5.74, 6) is 0.915. The summed E-state index contributed by atoms with van der Waals surface area (Å²) in [6.07, 6.45) is 1.69. The molecule has 2 aromatic rings. The molecular weight excluding hydrogens is 304 g/mol. The smallest absolute Gasteiger partial charge is 0.146 e. The van der Waals surface area contributed by atoms with E-state index in [1.165, 1.54) is 5.56 Å². The largest absolute Gasteiger partial charge is 0.320 e. The molecule has 0 fully saturated rings. The van der Waals surface area contributed by atoms with Crippen LogP contribution in [0.25, 0.3) is 0 Å². The van der Waals surface area contributed by atoms with Crippen molar-refractivity contribution in [3.8, 4) is 0 Å². The third-order valence-corrected chi connectivity index (χ3v) is 3.62. The highest BCUT2D eigenvalue weighted by Crippen LogP contribution is 2.23. The molecule has 0 aliphatic heterocycles. The maximum atomic E-state index is 5.93. The normalized spacial score (nSPS) is 10.8. The molecule has 0 bridgehead atoms. The number of rotatable bonds is 4. The molecule has 6 heteroatoms. The minimum absolute atomic E-state index is 0.691. The van der Waals surface area contributed by atoms with Gasteiger partial charge in [-0.1, -0.05) is 17.7 Å². The number of hydrogen-bond acceptors (Lipinski definition) is 3. The predicted octanol–water partition coefficient (Wildman–Crippen LogP) is 2.52. The molecule has 2 rings (SSSR count). The van der Waals surface area contributed by atoms with E-state index >= 15 is 0 Å². The Morgan fingerprint density at radius 2 is 2.24 bits per heavy atom. The van der Waals surface area contributed by atoms with E-state index in [9.17, 15) is 0 Å². The van der Waals surface area contributed by atoms with Gasteiger partial charge in [0, 0.05) is 18.1 Å². The molecule has 1 aromatic carbocycles. The predicted molar refractivity (Wildman–Crippen MR) is 70.7 cm³/mol. The number of nitrogens with zero attached hydrogens (tertiary/aromatic N) is 3. The van der Waals surface area contributed by atoms with Gasteiger partial charge in [0.25, 0.3) is 0 Å². The lowest BCUT2D eigenvalue weighted by atomic mass is 10.2. The molecule has 0 aliphatic rings. The van der Waals surface area contributed by atoms with Crippen LogP contribution < -0.4 is 5.32 Å². The van der Waals surface area contributed by atoms with E-state index in [4.69, 9.17) is 11.6 Å². The summed E-state index contributed by atoms with van der Waals surface area (Å²) in [6.45, 7) is 1.46. The van der Waals surface area contributed by atoms with Gasteiger partial charge in [-0.05, 0) is 33.6 Å². The maximum Gasteiger partial charge on any atom is 0.146 e. The first-order valence-electron chi connectivity index (χ1n) is 5.14. The van der Waals surface area contributed by atoms with Crippen molar-refractivity contribution >= 4 is 27.5 Å². The Hall–Kier alpha value is -0.910. The number of aryl methyl sites for hydroxylation is 1. The number of benzene rings is 1. The van der Waals surface area contributed by atoms with Gasteiger partial charge in [0.2, 0.25) is 0 Å². The number of halogens is 2. The fourth-order valence-electron chi connectivity index (χ4n) is 1.44. The summed E-state index contributed by atoms with van der Waals surface area (Å²) < 4.78 is 2.81. The Balaban J connectivity index is 1.90. The molecule has 90 valence electrons. The van der Waals surface area contributed by atoms with E-state index in [1.54, 1.807) is 6.33 Å². The number of nitrogens with one attached hydrogen (secondary N) is 1. The van der Waals surface area contributed by atoms with E-state index in [1.807, 2.05) is 29.8 Å². The van der Waals surface area contributed by atoms with Gasteiger partial charge >= 0.3 is 0 Å². The zero-order valence-electron chi connectivity index (χ0n) is 9.32. The Morgan fingerprint density at radius 1 is 1.41 bits per heavy atom. The molecule has 4 nitrogen and oxygen atoms in total. The van der Waals surface area contributed by atoms with Crippen LogP contribution in [-0.2, 0) is 20.1 Å². The summed E-state index contributed by atoms with van der Waals surface area (Å²) in [6, 6.07) is 5.88. The van der Waals surface area contributed by atoms with Crippen LogP contribution in [-0.4, -0.2) is 14.8 Å². The maximum absolute atomic E-state index is 5.93. The third kappa shape index (κ3) is 3.28. The zero-order valence-corrected chi connectivity index (χ0v) is 11.7. The molecule has 1 aromatic heterocycles. The van der Waals surface area contributed by atoms with Crippen LogP contribution in [0, 0.1) is 0 Å². The van der Waals surface area contributed by atoms with Gasteiger partial charge < -0.3 is 9.88 Å². The topological polar surface area (TPSA) is 42.7 Å². The second kappa shape index (κ2) is 5.62. The average molecular weight is 316 g/mol. The van der Waals surface area contributed by atoms with E-state index in [0.29, 0.717) is 6.54 Å². The molecule has 0 amide bonds. The lowest BCUT2D eigenvalue weighted by Gasteiger charge is -2.05. The van der Waals surface area contributed by atoms with Gasteiger partial charge in [-0.2, -0.15) is 0 Å². The van der Waals surface area contributed by atoms with Crippen LogP contribution in [0.3, 0.4) is 0 Å². The van der Waals surface area contributed by atoms with Crippen molar-refractivity contribution in [3.05, 3.63) is 45.4 Å². The SMILES string of the molecule is Cn1cnnc1CNCc1ccc(Cl)c(Br)c1. The van der Waals surface area contributed by atoms with Gasteiger partial charge in [-0.15, -0.1) is 10.2 Å². The highest BCUT2D eigenvalue weighted by Gasteiger charge is 2.01. The van der Waals surface area contributed by atoms with E-state index in [-0.39, 0.29) is 0 Å². The van der Waals surface area contributed by atoms with Crippen molar-refractivity contribution in [2.24, 2.45) is 7.05 Å². The van der Waals surface area contributed by atoms with Gasteiger partial charge in [0.15, 0.2) is 0 Å². The summed E-state index contributed by atoms with van der Waals surface area (Å²) in [7, 11) is 1.93. The number of aromatic nitrogens is 3. The minimum atomic E-state index is 0.691. The first-order valence-corrected chi connectivity index (χ1v) is 6.31. The molecule has 1 N–H and O–H groups in total. The lowest BCUT2D eigenvalue weighted by Crippen LogP contribution is -2.15. The van der Waals surface area contributed by atoms with Crippen LogP contribution in [0.4, 0.5) is 0 Å². The molecule has 0 atom stereocenters. The Kier molecular flexibility index (Phi) is 4.15. The second-order valence-electron chi connectivity index (χ2n) is 3.71. The van der Waals surface area contributed by atoms with Crippen LogP contribution >= 0.6 is 27.5 Å². The van der Waals surface area contributed by atoms with Crippen molar-refractivity contribution in [2.45, 2.75) is 13.1 Å². The number of hydrogen-bond donors (Lipinski definition) is 1. The highest BCUT2D eigenvalue weighted by molar-refractivity contribution is 9.10. The third-order valence-electron chi connectivity index (χ3n) is 2.40. The molecule has 0 unspecified atom stereocenters. The second-order valence-corrected chi connectivity index (χ2v) is 4.97. The van der Waals surface area contributed by atoms with Gasteiger partial charge in [-0.25, -0.2) is 0 Å². The molecule has 17 heavy (non-hydrogen) atoms. The van der Waals surface area contributed by atoms with E-state index < -0.39 is 0 Å². The van der Waals surface area contributed by atoms with E-state index in [0.717, 1.165) is 21.9 Å². The van der Waals surface area contributed by atoms with Crippen molar-refractivity contribution in [1.82, 2.24) is 20.1 Å². The molecule has 0 aliphatic carbocycles. The summed E-state index contributed by atoms with van der Waals surface area (Å²) >= 11 is 9.33. The van der Waals surface area contributed by atoms with Crippen LogP contribution in [0.15, 0.2) is 29.0 Å². The van der Waals surface area contributed by atoms with Crippen molar-refractivity contribution in [2.75, 3.05) is 0 Å². The van der Waals surface area contributed by atoms with Crippen LogP contribution in [0.1, 0.15) is 11.4 Å².